The first-order chi connectivity index (χ1) is 9.47. The van der Waals surface area contributed by atoms with Crippen molar-refractivity contribution in [1.29, 1.82) is 0 Å². The van der Waals surface area contributed by atoms with E-state index in [0.717, 1.165) is 5.69 Å². The second kappa shape index (κ2) is 7.90. The number of aliphatic hydroxyl groups excluding tert-OH is 1. The zero-order valence-electron chi connectivity index (χ0n) is 12.9. The van der Waals surface area contributed by atoms with Gasteiger partial charge in [-0.3, -0.25) is 4.79 Å². The van der Waals surface area contributed by atoms with E-state index in [1.807, 2.05) is 52.0 Å². The molecule has 1 rings (SSSR count). The van der Waals surface area contributed by atoms with Crippen LogP contribution >= 0.6 is 0 Å². The zero-order valence-corrected chi connectivity index (χ0v) is 12.9. The molecule has 0 aliphatic heterocycles. The lowest BCUT2D eigenvalue weighted by molar-refractivity contribution is 0.0694. The Morgan fingerprint density at radius 1 is 1.25 bits per heavy atom. The average molecular weight is 278 g/mol. The molecule has 0 aliphatic carbocycles. The first-order valence-corrected chi connectivity index (χ1v) is 7.24. The van der Waals surface area contributed by atoms with E-state index in [1.165, 1.54) is 0 Å². The second-order valence-corrected chi connectivity index (χ2v) is 5.51. The lowest BCUT2D eigenvalue weighted by Gasteiger charge is -2.28. The normalized spacial score (nSPS) is 10.9. The maximum absolute atomic E-state index is 12.7. The lowest BCUT2D eigenvalue weighted by atomic mass is 10.1. The number of para-hydroxylation sites is 1. The number of amides is 1. The van der Waals surface area contributed by atoms with Crippen molar-refractivity contribution in [2.75, 3.05) is 18.5 Å². The Labute approximate surface area is 121 Å². The molecule has 0 heterocycles. The van der Waals surface area contributed by atoms with E-state index in [0.29, 0.717) is 18.5 Å². The molecule has 0 spiro atoms. The second-order valence-electron chi connectivity index (χ2n) is 5.51. The molecule has 112 valence electrons. The molecule has 0 bridgehead atoms. The number of benzene rings is 1. The standard InChI is InChI=1S/C16H26N2O2/c1-12(2)17-15-9-6-5-8-14(15)16(20)18(13(3)4)10-7-11-19/h5-6,8-9,12-13,17,19H,7,10-11H2,1-4H3. The molecular formula is C16H26N2O2. The van der Waals surface area contributed by atoms with Crippen LogP contribution in [0.1, 0.15) is 44.5 Å². The Balaban J connectivity index is 2.99. The van der Waals surface area contributed by atoms with Crippen LogP contribution in [0.25, 0.3) is 0 Å². The summed E-state index contributed by atoms with van der Waals surface area (Å²) in [6.45, 7) is 8.76. The van der Waals surface area contributed by atoms with Gasteiger partial charge in [0.25, 0.3) is 5.91 Å². The van der Waals surface area contributed by atoms with Crippen molar-refractivity contribution in [3.63, 3.8) is 0 Å². The largest absolute Gasteiger partial charge is 0.396 e. The van der Waals surface area contributed by atoms with Crippen LogP contribution in [0.15, 0.2) is 24.3 Å². The van der Waals surface area contributed by atoms with E-state index in [9.17, 15) is 4.79 Å². The molecule has 0 saturated carbocycles. The van der Waals surface area contributed by atoms with Gasteiger partial charge in [-0.05, 0) is 46.2 Å². The smallest absolute Gasteiger partial charge is 0.256 e. The molecule has 2 N–H and O–H groups in total. The van der Waals surface area contributed by atoms with Gasteiger partial charge in [0, 0.05) is 30.9 Å². The Bertz CT molecular complexity index is 430. The fourth-order valence-electron chi connectivity index (χ4n) is 2.10. The fourth-order valence-corrected chi connectivity index (χ4v) is 2.10. The SMILES string of the molecule is CC(C)Nc1ccccc1C(=O)N(CCCO)C(C)C. The highest BCUT2D eigenvalue weighted by Crippen LogP contribution is 2.19. The molecule has 0 radical (unpaired) electrons. The summed E-state index contributed by atoms with van der Waals surface area (Å²) >= 11 is 0. The highest BCUT2D eigenvalue weighted by Gasteiger charge is 2.20. The van der Waals surface area contributed by atoms with Crippen molar-refractivity contribution < 1.29 is 9.90 Å². The van der Waals surface area contributed by atoms with Crippen LogP contribution in [0.4, 0.5) is 5.69 Å². The Hall–Kier alpha value is -1.55. The third-order valence-electron chi connectivity index (χ3n) is 3.04. The Morgan fingerprint density at radius 2 is 1.90 bits per heavy atom. The molecule has 0 unspecified atom stereocenters. The molecule has 0 aliphatic rings. The van der Waals surface area contributed by atoms with Gasteiger partial charge in [0.2, 0.25) is 0 Å². The third-order valence-corrected chi connectivity index (χ3v) is 3.04. The molecule has 0 aromatic heterocycles. The molecule has 4 nitrogen and oxygen atoms in total. The lowest BCUT2D eigenvalue weighted by Crippen LogP contribution is -2.38. The third kappa shape index (κ3) is 4.53. The topological polar surface area (TPSA) is 52.6 Å². The summed E-state index contributed by atoms with van der Waals surface area (Å²) in [7, 11) is 0. The van der Waals surface area contributed by atoms with Crippen LogP contribution in [0.3, 0.4) is 0 Å². The van der Waals surface area contributed by atoms with Gasteiger partial charge in [-0.15, -0.1) is 0 Å². The van der Waals surface area contributed by atoms with Crippen LogP contribution in [0.2, 0.25) is 0 Å². The van der Waals surface area contributed by atoms with Gasteiger partial charge in [-0.2, -0.15) is 0 Å². The molecule has 0 saturated heterocycles. The number of rotatable bonds is 7. The van der Waals surface area contributed by atoms with Crippen molar-refractivity contribution in [1.82, 2.24) is 4.90 Å². The van der Waals surface area contributed by atoms with E-state index >= 15 is 0 Å². The number of hydrogen-bond donors (Lipinski definition) is 2. The summed E-state index contributed by atoms with van der Waals surface area (Å²) in [5.74, 6) is 0.0113. The van der Waals surface area contributed by atoms with Crippen LogP contribution in [0.5, 0.6) is 0 Å². The van der Waals surface area contributed by atoms with Gasteiger partial charge in [-0.25, -0.2) is 0 Å². The van der Waals surface area contributed by atoms with Gasteiger partial charge >= 0.3 is 0 Å². The van der Waals surface area contributed by atoms with Crippen molar-refractivity contribution in [3.05, 3.63) is 29.8 Å². The van der Waals surface area contributed by atoms with E-state index in [2.05, 4.69) is 5.32 Å². The van der Waals surface area contributed by atoms with Crippen LogP contribution < -0.4 is 5.32 Å². The van der Waals surface area contributed by atoms with E-state index < -0.39 is 0 Å². The number of aliphatic hydroxyl groups is 1. The summed E-state index contributed by atoms with van der Waals surface area (Å²) in [6.07, 6.45) is 0.601. The number of nitrogens with one attached hydrogen (secondary N) is 1. The minimum Gasteiger partial charge on any atom is -0.396 e. The maximum Gasteiger partial charge on any atom is 0.256 e. The number of nitrogens with zero attached hydrogens (tertiary/aromatic N) is 1. The van der Waals surface area contributed by atoms with Gasteiger partial charge in [0.05, 0.1) is 5.56 Å². The van der Waals surface area contributed by atoms with Gasteiger partial charge in [0.1, 0.15) is 0 Å². The van der Waals surface area contributed by atoms with Crippen molar-refractivity contribution in [2.24, 2.45) is 0 Å². The molecule has 1 amide bonds. The maximum atomic E-state index is 12.7. The molecule has 0 fully saturated rings. The molecule has 4 heteroatoms. The highest BCUT2D eigenvalue weighted by atomic mass is 16.3. The number of carbonyl (C=O) groups excluding carboxylic acids is 1. The van der Waals surface area contributed by atoms with Crippen molar-refractivity contribution in [2.45, 2.75) is 46.2 Å². The average Bonchev–Trinajstić information content (AvgIpc) is 2.38. The molecular weight excluding hydrogens is 252 g/mol. The Morgan fingerprint density at radius 3 is 2.45 bits per heavy atom. The number of carbonyl (C=O) groups is 1. The van der Waals surface area contributed by atoms with Crippen molar-refractivity contribution >= 4 is 11.6 Å². The molecule has 20 heavy (non-hydrogen) atoms. The van der Waals surface area contributed by atoms with E-state index in [4.69, 9.17) is 5.11 Å². The van der Waals surface area contributed by atoms with Gasteiger partial charge < -0.3 is 15.3 Å². The van der Waals surface area contributed by atoms with E-state index in [-0.39, 0.29) is 24.6 Å². The van der Waals surface area contributed by atoms with Crippen LogP contribution in [-0.4, -0.2) is 41.1 Å². The predicted octanol–water partition coefficient (Wildman–Crippen LogP) is 2.74. The molecule has 1 aromatic rings. The first-order valence-electron chi connectivity index (χ1n) is 7.24. The fraction of sp³-hybridized carbons (Fsp3) is 0.562. The zero-order chi connectivity index (χ0) is 15.1. The summed E-state index contributed by atoms with van der Waals surface area (Å²) in [5.41, 5.74) is 1.55. The number of hydrogen-bond acceptors (Lipinski definition) is 3. The molecule has 1 aromatic carbocycles. The Kier molecular flexibility index (Phi) is 6.52. The monoisotopic (exact) mass is 278 g/mol. The summed E-state index contributed by atoms with van der Waals surface area (Å²) in [4.78, 5) is 14.5. The van der Waals surface area contributed by atoms with Gasteiger partial charge in [0.15, 0.2) is 0 Å². The highest BCUT2D eigenvalue weighted by molar-refractivity contribution is 5.99. The minimum absolute atomic E-state index is 0.0113. The van der Waals surface area contributed by atoms with Crippen LogP contribution in [-0.2, 0) is 0 Å². The van der Waals surface area contributed by atoms with Crippen molar-refractivity contribution in [3.8, 4) is 0 Å². The van der Waals surface area contributed by atoms with E-state index in [1.54, 1.807) is 4.90 Å². The predicted molar refractivity (Wildman–Crippen MR) is 83.1 cm³/mol. The minimum atomic E-state index is 0.0113. The van der Waals surface area contributed by atoms with Crippen LogP contribution in [0, 0.1) is 0 Å². The summed E-state index contributed by atoms with van der Waals surface area (Å²) in [5, 5.41) is 12.3. The van der Waals surface area contributed by atoms with Gasteiger partial charge in [-0.1, -0.05) is 12.1 Å². The molecule has 0 atom stereocenters. The quantitative estimate of drug-likeness (QED) is 0.806. The first kappa shape index (κ1) is 16.5. The summed E-state index contributed by atoms with van der Waals surface area (Å²) in [6, 6.07) is 7.97. The number of anilines is 1. The summed E-state index contributed by atoms with van der Waals surface area (Å²) < 4.78 is 0.